The predicted octanol–water partition coefficient (Wildman–Crippen LogP) is 4.47. The van der Waals surface area contributed by atoms with Crippen molar-refractivity contribution in [1.82, 2.24) is 0 Å². The average Bonchev–Trinajstić information content (AvgIpc) is 2.77. The minimum Gasteiger partial charge on any atom is -0.486 e. The summed E-state index contributed by atoms with van der Waals surface area (Å²) in [5.74, 6) is 1.04. The van der Waals surface area contributed by atoms with Crippen molar-refractivity contribution in [2.24, 2.45) is 0 Å². The van der Waals surface area contributed by atoms with Crippen LogP contribution in [0.15, 0.2) is 22.0 Å². The van der Waals surface area contributed by atoms with E-state index in [1.54, 1.807) is 12.1 Å². The third-order valence-corrected chi connectivity index (χ3v) is 5.41. The minimum absolute atomic E-state index is 0.106. The van der Waals surface area contributed by atoms with Gasteiger partial charge in [-0.3, -0.25) is 4.79 Å². The maximum absolute atomic E-state index is 12.5. The summed E-state index contributed by atoms with van der Waals surface area (Å²) in [6.07, 6.45) is 0. The number of benzene rings is 1. The highest BCUT2D eigenvalue weighted by Gasteiger charge is 2.21. The number of fused-ring (bicyclic) bond motifs is 1. The average molecular weight is 374 g/mol. The standard InChI is InChI=1S/C14H10BrClO3S/c1-7-4-12(20-14(7)15)13(17)8-5-10-11(6-9(8)16)19-3-2-18-10/h4-6H,2-3H2,1H3. The number of ether oxygens (including phenoxy) is 2. The van der Waals surface area contributed by atoms with Gasteiger partial charge in [0.25, 0.3) is 0 Å². The van der Waals surface area contributed by atoms with Crippen molar-refractivity contribution >= 4 is 44.7 Å². The number of hydrogen-bond acceptors (Lipinski definition) is 4. The molecule has 0 saturated carbocycles. The Morgan fingerprint density at radius 1 is 1.25 bits per heavy atom. The van der Waals surface area contributed by atoms with E-state index in [0.717, 1.165) is 9.35 Å². The van der Waals surface area contributed by atoms with E-state index in [1.165, 1.54) is 11.3 Å². The molecule has 2 heterocycles. The summed E-state index contributed by atoms with van der Waals surface area (Å²) in [4.78, 5) is 13.2. The van der Waals surface area contributed by atoms with Gasteiger partial charge in [0.1, 0.15) is 13.2 Å². The molecule has 104 valence electrons. The Morgan fingerprint density at radius 3 is 2.50 bits per heavy atom. The zero-order chi connectivity index (χ0) is 14.3. The molecule has 6 heteroatoms. The minimum atomic E-state index is -0.106. The first-order valence-electron chi connectivity index (χ1n) is 5.96. The van der Waals surface area contributed by atoms with Crippen molar-refractivity contribution in [3.63, 3.8) is 0 Å². The molecule has 0 unspecified atom stereocenters. The van der Waals surface area contributed by atoms with Crippen molar-refractivity contribution < 1.29 is 14.3 Å². The fourth-order valence-electron chi connectivity index (χ4n) is 1.94. The molecule has 0 radical (unpaired) electrons. The maximum atomic E-state index is 12.5. The second-order valence-corrected chi connectivity index (χ2v) is 7.15. The maximum Gasteiger partial charge on any atom is 0.204 e. The van der Waals surface area contributed by atoms with Crippen LogP contribution in [-0.2, 0) is 0 Å². The summed E-state index contributed by atoms with van der Waals surface area (Å²) < 4.78 is 11.9. The molecular formula is C14H10BrClO3S. The van der Waals surface area contributed by atoms with Gasteiger partial charge in [-0.25, -0.2) is 0 Å². The van der Waals surface area contributed by atoms with Gasteiger partial charge in [-0.15, -0.1) is 11.3 Å². The summed E-state index contributed by atoms with van der Waals surface area (Å²) in [6.45, 7) is 2.92. The Bertz CT molecular complexity index is 676. The molecule has 3 rings (SSSR count). The van der Waals surface area contributed by atoms with E-state index in [0.29, 0.717) is 40.2 Å². The van der Waals surface area contributed by atoms with Gasteiger partial charge in [-0.05, 0) is 40.5 Å². The lowest BCUT2D eigenvalue weighted by Gasteiger charge is -2.19. The van der Waals surface area contributed by atoms with Gasteiger partial charge in [0.2, 0.25) is 5.78 Å². The van der Waals surface area contributed by atoms with E-state index in [2.05, 4.69) is 15.9 Å². The van der Waals surface area contributed by atoms with Gasteiger partial charge in [0, 0.05) is 11.6 Å². The summed E-state index contributed by atoms with van der Waals surface area (Å²) in [5.41, 5.74) is 1.47. The second-order valence-electron chi connectivity index (χ2n) is 4.37. The highest BCUT2D eigenvalue weighted by molar-refractivity contribution is 9.11. The lowest BCUT2D eigenvalue weighted by Crippen LogP contribution is -2.16. The number of aryl methyl sites for hydroxylation is 1. The fourth-order valence-corrected chi connectivity index (χ4v) is 3.67. The van der Waals surface area contributed by atoms with E-state index >= 15 is 0 Å². The van der Waals surface area contributed by atoms with E-state index in [4.69, 9.17) is 21.1 Å². The molecule has 20 heavy (non-hydrogen) atoms. The van der Waals surface area contributed by atoms with Gasteiger partial charge >= 0.3 is 0 Å². The van der Waals surface area contributed by atoms with Crippen LogP contribution in [0.2, 0.25) is 5.02 Å². The largest absolute Gasteiger partial charge is 0.486 e. The summed E-state index contributed by atoms with van der Waals surface area (Å²) in [5, 5.41) is 0.376. The molecule has 3 nitrogen and oxygen atoms in total. The number of carbonyl (C=O) groups excluding carboxylic acids is 1. The summed E-state index contributed by atoms with van der Waals surface area (Å²) in [7, 11) is 0. The van der Waals surface area contributed by atoms with E-state index in [-0.39, 0.29) is 5.78 Å². The van der Waals surface area contributed by atoms with Crippen LogP contribution in [0.5, 0.6) is 11.5 Å². The van der Waals surface area contributed by atoms with Gasteiger partial charge in [0.15, 0.2) is 11.5 Å². The molecule has 0 atom stereocenters. The smallest absolute Gasteiger partial charge is 0.204 e. The van der Waals surface area contributed by atoms with E-state index < -0.39 is 0 Å². The number of halogens is 2. The molecular weight excluding hydrogens is 364 g/mol. The molecule has 0 saturated heterocycles. The zero-order valence-corrected chi connectivity index (χ0v) is 13.7. The lowest BCUT2D eigenvalue weighted by atomic mass is 10.1. The Kier molecular flexibility index (Phi) is 3.75. The Hall–Kier alpha value is -1.04. The van der Waals surface area contributed by atoms with Gasteiger partial charge < -0.3 is 9.47 Å². The molecule has 0 amide bonds. The van der Waals surface area contributed by atoms with Crippen LogP contribution in [0.3, 0.4) is 0 Å². The Morgan fingerprint density at radius 2 is 1.90 bits per heavy atom. The topological polar surface area (TPSA) is 35.5 Å². The number of carbonyl (C=O) groups is 1. The van der Waals surface area contributed by atoms with Crippen LogP contribution in [-0.4, -0.2) is 19.0 Å². The van der Waals surface area contributed by atoms with Crippen LogP contribution in [0.25, 0.3) is 0 Å². The first-order chi connectivity index (χ1) is 9.56. The van der Waals surface area contributed by atoms with Gasteiger partial charge in [0.05, 0.1) is 13.7 Å². The van der Waals surface area contributed by atoms with Crippen LogP contribution >= 0.6 is 38.9 Å². The number of ketones is 1. The molecule has 1 aliphatic heterocycles. The third kappa shape index (κ3) is 2.45. The number of rotatable bonds is 2. The second kappa shape index (κ2) is 5.39. The quantitative estimate of drug-likeness (QED) is 0.728. The SMILES string of the molecule is Cc1cc(C(=O)c2cc3c(cc2Cl)OCCO3)sc1Br. The number of thiophene rings is 1. The molecule has 0 fully saturated rings. The van der Waals surface area contributed by atoms with Crippen molar-refractivity contribution in [2.75, 3.05) is 13.2 Å². The molecule has 0 aliphatic carbocycles. The van der Waals surface area contributed by atoms with Crippen molar-refractivity contribution in [1.29, 1.82) is 0 Å². The normalized spacial score (nSPS) is 13.3. The molecule has 1 aromatic carbocycles. The monoisotopic (exact) mass is 372 g/mol. The summed E-state index contributed by atoms with van der Waals surface area (Å²) in [6, 6.07) is 5.14. The first-order valence-corrected chi connectivity index (χ1v) is 7.95. The van der Waals surface area contributed by atoms with Crippen molar-refractivity contribution in [2.45, 2.75) is 6.92 Å². The van der Waals surface area contributed by atoms with Gasteiger partial charge in [-0.1, -0.05) is 11.6 Å². The predicted molar refractivity (Wildman–Crippen MR) is 82.6 cm³/mol. The third-order valence-electron chi connectivity index (χ3n) is 2.96. The molecule has 2 aromatic rings. The fraction of sp³-hybridized carbons (Fsp3) is 0.214. The molecule has 1 aliphatic rings. The molecule has 0 spiro atoms. The molecule has 0 bridgehead atoms. The lowest BCUT2D eigenvalue weighted by molar-refractivity contribution is 0.104. The Labute approximate surface area is 133 Å². The van der Waals surface area contributed by atoms with Gasteiger partial charge in [-0.2, -0.15) is 0 Å². The van der Waals surface area contributed by atoms with E-state index in [1.807, 2.05) is 13.0 Å². The first kappa shape index (κ1) is 13.9. The van der Waals surface area contributed by atoms with Crippen LogP contribution < -0.4 is 9.47 Å². The van der Waals surface area contributed by atoms with Crippen LogP contribution in [0.1, 0.15) is 20.8 Å². The number of hydrogen-bond donors (Lipinski definition) is 0. The van der Waals surface area contributed by atoms with E-state index in [9.17, 15) is 4.79 Å². The Balaban J connectivity index is 2.03. The zero-order valence-electron chi connectivity index (χ0n) is 10.5. The highest BCUT2D eigenvalue weighted by Crippen LogP contribution is 2.37. The van der Waals surface area contributed by atoms with Crippen molar-refractivity contribution in [3.8, 4) is 11.5 Å². The molecule has 0 N–H and O–H groups in total. The highest BCUT2D eigenvalue weighted by atomic mass is 79.9. The van der Waals surface area contributed by atoms with Crippen LogP contribution in [0, 0.1) is 6.92 Å². The van der Waals surface area contributed by atoms with Crippen molar-refractivity contribution in [3.05, 3.63) is 43.0 Å². The molecule has 1 aromatic heterocycles. The van der Waals surface area contributed by atoms with Crippen LogP contribution in [0.4, 0.5) is 0 Å². The summed E-state index contributed by atoms with van der Waals surface area (Å²) >= 11 is 11.0.